The number of nitrogens with one attached hydrogen (secondary N) is 1. The predicted octanol–water partition coefficient (Wildman–Crippen LogP) is 3.66. The number of unbranched alkanes of at least 4 members (excludes halogenated alkanes) is 1. The smallest absolute Gasteiger partial charge is 0.316 e. The molecule has 1 N–H and O–H groups in total. The van der Waals surface area contributed by atoms with Crippen LogP contribution in [-0.4, -0.2) is 24.4 Å². The molecule has 0 atom stereocenters. The summed E-state index contributed by atoms with van der Waals surface area (Å²) >= 11 is 0.0398. The number of rotatable bonds is 8. The molecule has 0 aliphatic carbocycles. The standard InChI is InChI=1S/C10H20F3NS/c1-9(2)5-3-4-6-14-7-8-15-10(11,12)13/h9,14H,3-8H2,1-2H3. The van der Waals surface area contributed by atoms with Crippen LogP contribution in [0.15, 0.2) is 0 Å². The van der Waals surface area contributed by atoms with Crippen molar-refractivity contribution in [2.75, 3.05) is 18.8 Å². The van der Waals surface area contributed by atoms with E-state index < -0.39 is 5.51 Å². The van der Waals surface area contributed by atoms with E-state index in [2.05, 4.69) is 19.2 Å². The van der Waals surface area contributed by atoms with Crippen molar-refractivity contribution >= 4 is 11.8 Å². The van der Waals surface area contributed by atoms with E-state index in [9.17, 15) is 13.2 Å². The fourth-order valence-electron chi connectivity index (χ4n) is 1.17. The average molecular weight is 243 g/mol. The van der Waals surface area contributed by atoms with Crippen LogP contribution in [0, 0.1) is 5.92 Å². The van der Waals surface area contributed by atoms with Gasteiger partial charge >= 0.3 is 5.51 Å². The lowest BCUT2D eigenvalue weighted by Crippen LogP contribution is -2.20. The van der Waals surface area contributed by atoms with Crippen LogP contribution in [0.3, 0.4) is 0 Å². The summed E-state index contributed by atoms with van der Waals surface area (Å²) in [7, 11) is 0. The second-order valence-corrected chi connectivity index (χ2v) is 5.09. The molecule has 0 aromatic rings. The van der Waals surface area contributed by atoms with Gasteiger partial charge in [-0.25, -0.2) is 0 Å². The molecule has 0 saturated heterocycles. The van der Waals surface area contributed by atoms with Gasteiger partial charge in [-0.15, -0.1) is 0 Å². The molecule has 0 aliphatic rings. The van der Waals surface area contributed by atoms with Crippen LogP contribution in [-0.2, 0) is 0 Å². The third-order valence-corrected chi connectivity index (χ3v) is 2.67. The molecule has 0 rings (SSSR count). The summed E-state index contributed by atoms with van der Waals surface area (Å²) in [5.41, 5.74) is -4.08. The summed E-state index contributed by atoms with van der Waals surface area (Å²) in [6, 6.07) is 0. The lowest BCUT2D eigenvalue weighted by molar-refractivity contribution is -0.0327. The maximum atomic E-state index is 11.7. The minimum Gasteiger partial charge on any atom is -0.316 e. The highest BCUT2D eigenvalue weighted by Crippen LogP contribution is 2.29. The minimum absolute atomic E-state index is 0.0398. The first-order valence-electron chi connectivity index (χ1n) is 5.33. The van der Waals surface area contributed by atoms with E-state index >= 15 is 0 Å². The molecule has 0 saturated carbocycles. The summed E-state index contributed by atoms with van der Waals surface area (Å²) in [4.78, 5) is 0. The van der Waals surface area contributed by atoms with Crippen molar-refractivity contribution in [2.45, 2.75) is 38.6 Å². The van der Waals surface area contributed by atoms with E-state index in [0.717, 1.165) is 19.4 Å². The second-order valence-electron chi connectivity index (χ2n) is 3.93. The van der Waals surface area contributed by atoms with Crippen LogP contribution in [0.2, 0.25) is 0 Å². The Morgan fingerprint density at radius 1 is 1.13 bits per heavy atom. The van der Waals surface area contributed by atoms with Crippen molar-refractivity contribution in [3.8, 4) is 0 Å². The molecule has 0 bridgehead atoms. The molecule has 0 amide bonds. The van der Waals surface area contributed by atoms with Gasteiger partial charge in [0.2, 0.25) is 0 Å². The topological polar surface area (TPSA) is 12.0 Å². The molecule has 92 valence electrons. The Balaban J connectivity index is 3.06. The van der Waals surface area contributed by atoms with Crippen molar-refractivity contribution in [3.63, 3.8) is 0 Å². The molecule has 0 aliphatic heterocycles. The zero-order valence-electron chi connectivity index (χ0n) is 9.36. The van der Waals surface area contributed by atoms with Crippen LogP contribution < -0.4 is 5.32 Å². The van der Waals surface area contributed by atoms with Crippen LogP contribution in [0.4, 0.5) is 13.2 Å². The van der Waals surface area contributed by atoms with E-state index in [-0.39, 0.29) is 17.5 Å². The van der Waals surface area contributed by atoms with Gasteiger partial charge < -0.3 is 5.32 Å². The highest BCUT2D eigenvalue weighted by atomic mass is 32.2. The van der Waals surface area contributed by atoms with Gasteiger partial charge in [0.05, 0.1) is 0 Å². The molecule has 15 heavy (non-hydrogen) atoms. The first-order chi connectivity index (χ1) is 6.92. The van der Waals surface area contributed by atoms with Gasteiger partial charge in [0.25, 0.3) is 0 Å². The Labute approximate surface area is 94.2 Å². The predicted molar refractivity (Wildman–Crippen MR) is 60.1 cm³/mol. The number of hydrogen-bond acceptors (Lipinski definition) is 2. The summed E-state index contributed by atoms with van der Waals surface area (Å²) in [6.45, 7) is 5.61. The summed E-state index contributed by atoms with van der Waals surface area (Å²) < 4.78 is 35.1. The highest BCUT2D eigenvalue weighted by Gasteiger charge is 2.27. The molecule has 0 heterocycles. The number of hydrogen-bond donors (Lipinski definition) is 1. The fourth-order valence-corrected chi connectivity index (χ4v) is 1.64. The van der Waals surface area contributed by atoms with E-state index in [4.69, 9.17) is 0 Å². The first kappa shape index (κ1) is 15.1. The maximum Gasteiger partial charge on any atom is 0.441 e. The molecule has 5 heteroatoms. The average Bonchev–Trinajstić information content (AvgIpc) is 2.07. The van der Waals surface area contributed by atoms with Gasteiger partial charge in [-0.2, -0.15) is 13.2 Å². The molecule has 1 nitrogen and oxygen atoms in total. The van der Waals surface area contributed by atoms with Crippen LogP contribution in [0.5, 0.6) is 0 Å². The van der Waals surface area contributed by atoms with Crippen molar-refractivity contribution < 1.29 is 13.2 Å². The van der Waals surface area contributed by atoms with Gasteiger partial charge in [0.1, 0.15) is 0 Å². The van der Waals surface area contributed by atoms with E-state index in [1.807, 2.05) is 0 Å². The van der Waals surface area contributed by atoms with Gasteiger partial charge in [-0.05, 0) is 30.6 Å². The monoisotopic (exact) mass is 243 g/mol. The number of alkyl halides is 3. The maximum absolute atomic E-state index is 11.7. The molecule has 0 aromatic carbocycles. The van der Waals surface area contributed by atoms with Crippen LogP contribution >= 0.6 is 11.8 Å². The number of halogens is 3. The molecule has 0 spiro atoms. The largest absolute Gasteiger partial charge is 0.441 e. The Morgan fingerprint density at radius 2 is 1.80 bits per heavy atom. The van der Waals surface area contributed by atoms with Crippen LogP contribution in [0.1, 0.15) is 33.1 Å². The molecule has 0 unspecified atom stereocenters. The summed E-state index contributed by atoms with van der Waals surface area (Å²) in [5.74, 6) is 0.819. The zero-order chi connectivity index (χ0) is 11.7. The normalized spacial score (nSPS) is 12.4. The number of thioether (sulfide) groups is 1. The van der Waals surface area contributed by atoms with Gasteiger partial charge in [-0.3, -0.25) is 0 Å². The summed E-state index contributed by atoms with van der Waals surface area (Å²) in [6.07, 6.45) is 3.39. The first-order valence-corrected chi connectivity index (χ1v) is 6.32. The lowest BCUT2D eigenvalue weighted by Gasteiger charge is -2.07. The fraction of sp³-hybridized carbons (Fsp3) is 1.00. The molecule has 0 fully saturated rings. The molecular weight excluding hydrogens is 223 g/mol. The third-order valence-electron chi connectivity index (χ3n) is 1.93. The quantitative estimate of drug-likeness (QED) is 0.653. The Kier molecular flexibility index (Phi) is 8.33. The SMILES string of the molecule is CC(C)CCCCNCCSC(F)(F)F. The Bertz CT molecular complexity index is 148. The summed E-state index contributed by atoms with van der Waals surface area (Å²) in [5, 5.41) is 3.01. The van der Waals surface area contributed by atoms with Crippen molar-refractivity contribution in [1.29, 1.82) is 0 Å². The van der Waals surface area contributed by atoms with Gasteiger partial charge in [0.15, 0.2) is 0 Å². The zero-order valence-corrected chi connectivity index (χ0v) is 10.2. The van der Waals surface area contributed by atoms with E-state index in [0.29, 0.717) is 12.5 Å². The van der Waals surface area contributed by atoms with Gasteiger partial charge in [0, 0.05) is 12.3 Å². The van der Waals surface area contributed by atoms with Crippen molar-refractivity contribution in [3.05, 3.63) is 0 Å². The second kappa shape index (κ2) is 8.28. The van der Waals surface area contributed by atoms with Crippen LogP contribution in [0.25, 0.3) is 0 Å². The van der Waals surface area contributed by atoms with Crippen molar-refractivity contribution in [1.82, 2.24) is 5.32 Å². The molecule has 0 radical (unpaired) electrons. The van der Waals surface area contributed by atoms with E-state index in [1.54, 1.807) is 0 Å². The Hall–Kier alpha value is 0.100. The highest BCUT2D eigenvalue weighted by molar-refractivity contribution is 8.00. The molecule has 0 aromatic heterocycles. The van der Waals surface area contributed by atoms with E-state index in [1.165, 1.54) is 6.42 Å². The molecular formula is C10H20F3NS. The Morgan fingerprint density at radius 3 is 2.33 bits per heavy atom. The van der Waals surface area contributed by atoms with Crippen molar-refractivity contribution in [2.24, 2.45) is 5.92 Å². The van der Waals surface area contributed by atoms with Gasteiger partial charge in [-0.1, -0.05) is 26.7 Å². The lowest BCUT2D eigenvalue weighted by atomic mass is 10.1. The minimum atomic E-state index is -4.08. The third kappa shape index (κ3) is 14.1.